The van der Waals surface area contributed by atoms with Crippen LogP contribution in [0.5, 0.6) is 0 Å². The van der Waals surface area contributed by atoms with Crippen molar-refractivity contribution in [2.24, 2.45) is 5.73 Å². The molecule has 0 atom stereocenters. The Hall–Kier alpha value is -1.13. The SMILES string of the molecule is N#Cc1ccc(S(=O)(=O)NCC2(N)CCCCC2)cc1Cl. The molecule has 2 rings (SSSR count). The van der Waals surface area contributed by atoms with Crippen molar-refractivity contribution in [3.63, 3.8) is 0 Å². The molecule has 5 nitrogen and oxygen atoms in total. The van der Waals surface area contributed by atoms with Crippen LogP contribution in [0.1, 0.15) is 37.7 Å². The van der Waals surface area contributed by atoms with E-state index in [-0.39, 0.29) is 22.0 Å². The van der Waals surface area contributed by atoms with Gasteiger partial charge in [0.2, 0.25) is 10.0 Å². The molecule has 0 radical (unpaired) electrons. The van der Waals surface area contributed by atoms with Crippen molar-refractivity contribution >= 4 is 21.6 Å². The maximum atomic E-state index is 12.3. The number of nitrogens with zero attached hydrogens (tertiary/aromatic N) is 1. The van der Waals surface area contributed by atoms with Crippen LogP contribution in [0.2, 0.25) is 5.02 Å². The van der Waals surface area contributed by atoms with E-state index in [0.29, 0.717) is 0 Å². The highest BCUT2D eigenvalue weighted by Gasteiger charge is 2.29. The van der Waals surface area contributed by atoms with Crippen molar-refractivity contribution in [2.75, 3.05) is 6.54 Å². The molecule has 0 heterocycles. The summed E-state index contributed by atoms with van der Waals surface area (Å²) in [7, 11) is -3.67. The van der Waals surface area contributed by atoms with Crippen molar-refractivity contribution in [3.05, 3.63) is 28.8 Å². The van der Waals surface area contributed by atoms with Gasteiger partial charge in [-0.05, 0) is 31.0 Å². The molecule has 0 bridgehead atoms. The fourth-order valence-corrected chi connectivity index (χ4v) is 3.96. The number of hydrogen-bond acceptors (Lipinski definition) is 4. The van der Waals surface area contributed by atoms with Crippen LogP contribution < -0.4 is 10.5 Å². The third kappa shape index (κ3) is 3.95. The van der Waals surface area contributed by atoms with E-state index in [1.807, 2.05) is 6.07 Å². The van der Waals surface area contributed by atoms with Crippen molar-refractivity contribution in [1.29, 1.82) is 5.26 Å². The Balaban J connectivity index is 2.11. The first-order valence-corrected chi connectivity index (χ1v) is 8.71. The molecule has 3 N–H and O–H groups in total. The third-order valence-electron chi connectivity index (χ3n) is 3.83. The summed E-state index contributed by atoms with van der Waals surface area (Å²) < 4.78 is 27.1. The van der Waals surface area contributed by atoms with E-state index in [9.17, 15) is 8.42 Å². The van der Waals surface area contributed by atoms with Gasteiger partial charge in [0.05, 0.1) is 15.5 Å². The Kier molecular flexibility index (Phi) is 4.89. The van der Waals surface area contributed by atoms with Crippen LogP contribution in [-0.4, -0.2) is 20.5 Å². The Bertz CT molecular complexity index is 661. The number of rotatable bonds is 4. The largest absolute Gasteiger partial charge is 0.324 e. The van der Waals surface area contributed by atoms with E-state index in [2.05, 4.69) is 4.72 Å². The van der Waals surface area contributed by atoms with Gasteiger partial charge in [0.15, 0.2) is 0 Å². The van der Waals surface area contributed by atoms with Crippen molar-refractivity contribution in [2.45, 2.75) is 42.5 Å². The number of halogens is 1. The second-order valence-electron chi connectivity index (χ2n) is 5.50. The second-order valence-corrected chi connectivity index (χ2v) is 7.68. The van der Waals surface area contributed by atoms with Gasteiger partial charge in [-0.3, -0.25) is 0 Å². The number of hydrogen-bond donors (Lipinski definition) is 2. The van der Waals surface area contributed by atoms with Crippen LogP contribution in [0, 0.1) is 11.3 Å². The molecule has 0 unspecified atom stereocenters. The molecule has 0 saturated heterocycles. The minimum Gasteiger partial charge on any atom is -0.324 e. The molecule has 0 spiro atoms. The van der Waals surface area contributed by atoms with Crippen molar-refractivity contribution in [1.82, 2.24) is 4.72 Å². The lowest BCUT2D eigenvalue weighted by atomic mass is 9.83. The lowest BCUT2D eigenvalue weighted by Crippen LogP contribution is -2.51. The third-order valence-corrected chi connectivity index (χ3v) is 5.55. The van der Waals surface area contributed by atoms with Gasteiger partial charge in [0.25, 0.3) is 0 Å². The van der Waals surface area contributed by atoms with E-state index in [1.165, 1.54) is 18.2 Å². The predicted molar refractivity (Wildman–Crippen MR) is 81.4 cm³/mol. The zero-order chi connectivity index (χ0) is 15.5. The first-order valence-electron chi connectivity index (χ1n) is 6.85. The Morgan fingerprint density at radius 1 is 1.33 bits per heavy atom. The Labute approximate surface area is 130 Å². The van der Waals surface area contributed by atoms with E-state index >= 15 is 0 Å². The fraction of sp³-hybridized carbons (Fsp3) is 0.500. The topological polar surface area (TPSA) is 96.0 Å². The normalized spacial score (nSPS) is 18.1. The van der Waals surface area contributed by atoms with Gasteiger partial charge >= 0.3 is 0 Å². The molecule has 1 aliphatic rings. The summed E-state index contributed by atoms with van der Waals surface area (Å²) >= 11 is 5.87. The van der Waals surface area contributed by atoms with Gasteiger partial charge in [-0.2, -0.15) is 5.26 Å². The van der Waals surface area contributed by atoms with Gasteiger partial charge < -0.3 is 5.73 Å². The number of nitrogens with one attached hydrogen (secondary N) is 1. The first kappa shape index (κ1) is 16.2. The number of benzene rings is 1. The summed E-state index contributed by atoms with van der Waals surface area (Å²) in [6, 6.07) is 5.95. The summed E-state index contributed by atoms with van der Waals surface area (Å²) in [6.07, 6.45) is 4.85. The minimum absolute atomic E-state index is 0.0471. The molecule has 114 valence electrons. The Morgan fingerprint density at radius 3 is 2.57 bits per heavy atom. The average molecular weight is 328 g/mol. The molecule has 7 heteroatoms. The monoisotopic (exact) mass is 327 g/mol. The van der Waals surface area contributed by atoms with Crippen LogP contribution in [0.15, 0.2) is 23.1 Å². The van der Waals surface area contributed by atoms with Gasteiger partial charge in [-0.1, -0.05) is 30.9 Å². The molecule has 1 aromatic carbocycles. The fourth-order valence-electron chi connectivity index (χ4n) is 2.51. The van der Waals surface area contributed by atoms with E-state index < -0.39 is 15.6 Å². The standard InChI is InChI=1S/C14H18ClN3O2S/c15-13-8-12(5-4-11(13)9-16)21(19,20)18-10-14(17)6-2-1-3-7-14/h4-5,8,18H,1-3,6-7,10,17H2. The lowest BCUT2D eigenvalue weighted by molar-refractivity contribution is 0.296. The molecule has 0 aromatic heterocycles. The summed E-state index contributed by atoms with van der Waals surface area (Å²) in [4.78, 5) is 0.0471. The van der Waals surface area contributed by atoms with Gasteiger partial charge in [0, 0.05) is 12.1 Å². The second kappa shape index (κ2) is 6.32. The molecule has 1 aromatic rings. The minimum atomic E-state index is -3.67. The van der Waals surface area contributed by atoms with Gasteiger partial charge in [0.1, 0.15) is 6.07 Å². The number of nitriles is 1. The quantitative estimate of drug-likeness (QED) is 0.885. The first-order chi connectivity index (χ1) is 9.86. The van der Waals surface area contributed by atoms with Crippen LogP contribution >= 0.6 is 11.6 Å². The molecule has 1 fully saturated rings. The summed E-state index contributed by atoms with van der Waals surface area (Å²) in [5, 5.41) is 8.93. The molecule has 0 amide bonds. The highest BCUT2D eigenvalue weighted by Crippen LogP contribution is 2.26. The van der Waals surface area contributed by atoms with Crippen molar-refractivity contribution < 1.29 is 8.42 Å². The van der Waals surface area contributed by atoms with Gasteiger partial charge in [-0.25, -0.2) is 13.1 Å². The van der Waals surface area contributed by atoms with Crippen LogP contribution in [0.3, 0.4) is 0 Å². The van der Waals surface area contributed by atoms with Crippen LogP contribution in [0.4, 0.5) is 0 Å². The summed E-state index contributed by atoms with van der Waals surface area (Å²) in [6.45, 7) is 0.215. The van der Waals surface area contributed by atoms with Crippen molar-refractivity contribution in [3.8, 4) is 6.07 Å². The predicted octanol–water partition coefficient (Wildman–Crippen LogP) is 2.15. The summed E-state index contributed by atoms with van der Waals surface area (Å²) in [5.41, 5.74) is 6.00. The van der Waals surface area contributed by atoms with Crippen LogP contribution in [0.25, 0.3) is 0 Å². The zero-order valence-corrected chi connectivity index (χ0v) is 13.2. The molecule has 21 heavy (non-hydrogen) atoms. The Morgan fingerprint density at radius 2 is 2.00 bits per heavy atom. The van der Waals surface area contributed by atoms with E-state index in [1.54, 1.807) is 0 Å². The van der Waals surface area contributed by atoms with E-state index in [4.69, 9.17) is 22.6 Å². The number of sulfonamides is 1. The maximum absolute atomic E-state index is 12.3. The number of nitrogens with two attached hydrogens (primary N) is 1. The van der Waals surface area contributed by atoms with E-state index in [0.717, 1.165) is 32.1 Å². The average Bonchev–Trinajstić information content (AvgIpc) is 2.46. The molecule has 1 saturated carbocycles. The lowest BCUT2D eigenvalue weighted by Gasteiger charge is -2.33. The molecular weight excluding hydrogens is 310 g/mol. The molecular formula is C14H18ClN3O2S. The highest BCUT2D eigenvalue weighted by molar-refractivity contribution is 7.89. The van der Waals surface area contributed by atoms with Gasteiger partial charge in [-0.15, -0.1) is 0 Å². The maximum Gasteiger partial charge on any atom is 0.240 e. The molecule has 0 aliphatic heterocycles. The molecule has 1 aliphatic carbocycles. The highest BCUT2D eigenvalue weighted by atomic mass is 35.5. The summed E-state index contributed by atoms with van der Waals surface area (Å²) in [5.74, 6) is 0. The van der Waals surface area contributed by atoms with Crippen LogP contribution in [-0.2, 0) is 10.0 Å². The smallest absolute Gasteiger partial charge is 0.240 e. The zero-order valence-electron chi connectivity index (χ0n) is 11.6.